The Bertz CT molecular complexity index is 8.00. The minimum absolute atomic E-state index is 0. The molecule has 0 spiro atoms. The Morgan fingerprint density at radius 2 is 1.00 bits per heavy atom. The number of rotatable bonds is 0. The second kappa shape index (κ2) is 18.0. The Morgan fingerprint density at radius 3 is 1.00 bits per heavy atom. The molecule has 0 nitrogen and oxygen atoms in total. The van der Waals surface area contributed by atoms with Gasteiger partial charge in [-0.1, -0.05) is 0 Å². The zero-order chi connectivity index (χ0) is 0. The first kappa shape index (κ1) is 32.0. The van der Waals surface area contributed by atoms with Gasteiger partial charge in [0.05, 0.1) is 0 Å². The van der Waals surface area contributed by atoms with E-state index in [2.05, 4.69) is 0 Å². The van der Waals surface area contributed by atoms with Crippen LogP contribution >= 0.6 is 0 Å². The fourth-order valence-electron chi connectivity index (χ4n) is 0. The molecule has 0 aromatic heterocycles. The summed E-state index contributed by atoms with van der Waals surface area (Å²) >= 11 is 0. The Morgan fingerprint density at radius 1 is 1.00 bits per heavy atom. The van der Waals surface area contributed by atoms with Crippen LogP contribution in [-0.4, -0.2) is 40.4 Å². The van der Waals surface area contributed by atoms with Gasteiger partial charge in [0.1, 0.15) is 0 Å². The third kappa shape index (κ3) is 8.82. The van der Waals surface area contributed by atoms with Crippen molar-refractivity contribution < 1.29 is 36.5 Å². The average molecular weight is 182 g/mol. The molecule has 0 aliphatic rings. The summed E-state index contributed by atoms with van der Waals surface area (Å²) in [6, 6.07) is 0. The normalized spacial score (nSPS) is 0. The van der Waals surface area contributed by atoms with Crippen LogP contribution < -0.4 is 0 Å². The fraction of sp³-hybridized carbons (Fsp3) is 0. The van der Waals surface area contributed by atoms with Gasteiger partial charge in [-0.15, -0.1) is 0 Å². The van der Waals surface area contributed by atoms with Gasteiger partial charge >= 0.3 is 23.1 Å². The van der Waals surface area contributed by atoms with E-state index in [1.54, 1.807) is 0 Å². The van der Waals surface area contributed by atoms with Crippen LogP contribution in [0.2, 0.25) is 0 Å². The van der Waals surface area contributed by atoms with Crippen molar-refractivity contribution in [1.29, 1.82) is 0 Å². The minimum Gasteiger partial charge on any atom is 0 e. The summed E-state index contributed by atoms with van der Waals surface area (Å²) < 4.78 is 0. The topological polar surface area (TPSA) is 0 Å². The van der Waals surface area contributed by atoms with E-state index in [-0.39, 0.29) is 77.0 Å². The number of hydrogen-bond acceptors (Lipinski definition) is 0. The van der Waals surface area contributed by atoms with Gasteiger partial charge in [-0.05, 0) is 0 Å². The van der Waals surface area contributed by atoms with Crippen molar-refractivity contribution >= 4 is 40.4 Å². The molecule has 4 heteroatoms. The van der Waals surface area contributed by atoms with Crippen LogP contribution in [0.3, 0.4) is 0 Å². The zero-order valence-electron chi connectivity index (χ0n) is 1.59. The van der Waals surface area contributed by atoms with Gasteiger partial charge < -0.3 is 0 Å². The van der Waals surface area contributed by atoms with Gasteiger partial charge in [-0.3, -0.25) is 0 Å². The van der Waals surface area contributed by atoms with Crippen LogP contribution in [-0.2, 0) is 36.5 Å². The van der Waals surface area contributed by atoms with E-state index in [9.17, 15) is 0 Å². The van der Waals surface area contributed by atoms with Gasteiger partial charge in [0.25, 0.3) is 0 Å². The van der Waals surface area contributed by atoms with E-state index in [0.717, 1.165) is 0 Å². The largest absolute Gasteiger partial charge is 0.316 e. The summed E-state index contributed by atoms with van der Waals surface area (Å²) in [7, 11) is 0. The molecular formula is H2AlCuMgZn. The molecule has 0 rings (SSSR count). The molecule has 0 N–H and O–H groups in total. The molecule has 20 valence electrons. The van der Waals surface area contributed by atoms with E-state index in [1.807, 2.05) is 0 Å². The molecule has 0 amide bonds. The van der Waals surface area contributed by atoms with Crippen LogP contribution in [0.15, 0.2) is 0 Å². The molecule has 0 aliphatic heterocycles. The predicted molar refractivity (Wildman–Crippen MR) is 14.3 cm³/mol. The van der Waals surface area contributed by atoms with Crippen LogP contribution in [0.4, 0.5) is 0 Å². The summed E-state index contributed by atoms with van der Waals surface area (Å²) in [6.07, 6.45) is 0. The monoisotopic (exact) mass is 180 g/mol. The molecule has 0 saturated carbocycles. The van der Waals surface area contributed by atoms with Gasteiger partial charge in [0, 0.05) is 53.9 Å². The Labute approximate surface area is 76.0 Å². The first-order valence-electron chi connectivity index (χ1n) is 0. The summed E-state index contributed by atoms with van der Waals surface area (Å²) in [6.45, 7) is 0. The van der Waals surface area contributed by atoms with E-state index in [4.69, 9.17) is 0 Å². The van der Waals surface area contributed by atoms with Crippen molar-refractivity contribution in [3.63, 3.8) is 0 Å². The maximum Gasteiger partial charge on any atom is 0.316 e. The molecule has 0 saturated heterocycles. The molecule has 0 aliphatic carbocycles. The van der Waals surface area contributed by atoms with Crippen LogP contribution in [0.1, 0.15) is 0 Å². The second-order valence-corrected chi connectivity index (χ2v) is 0. The van der Waals surface area contributed by atoms with Crippen LogP contribution in [0, 0.1) is 0 Å². The quantitative estimate of drug-likeness (QED) is 0.408. The molecule has 0 aromatic rings. The summed E-state index contributed by atoms with van der Waals surface area (Å²) in [4.78, 5) is 0. The van der Waals surface area contributed by atoms with E-state index in [1.165, 1.54) is 0 Å². The fourth-order valence-corrected chi connectivity index (χ4v) is 0. The molecule has 0 fully saturated rings. The zero-order valence-corrected chi connectivity index (χ0v) is 6.65. The molecule has 4 radical (unpaired) electrons. The maximum atomic E-state index is 0. The Balaban J connectivity index is 0. The van der Waals surface area contributed by atoms with Gasteiger partial charge in [-0.2, -0.15) is 0 Å². The SMILES string of the molecule is [Al].[Cu].[MgH2].[Zn]. The van der Waals surface area contributed by atoms with Gasteiger partial charge in [0.15, 0.2) is 0 Å². The smallest absolute Gasteiger partial charge is 0 e. The van der Waals surface area contributed by atoms with Crippen molar-refractivity contribution in [3.05, 3.63) is 0 Å². The van der Waals surface area contributed by atoms with Crippen molar-refractivity contribution in [2.75, 3.05) is 0 Å². The standard InChI is InChI=1S/Al.Cu.Mg.Zn.2H. The second-order valence-electron chi connectivity index (χ2n) is 0. The minimum atomic E-state index is 0. The van der Waals surface area contributed by atoms with Crippen molar-refractivity contribution in [2.45, 2.75) is 0 Å². The molecule has 0 aromatic carbocycles. The van der Waals surface area contributed by atoms with Crippen LogP contribution in [0.25, 0.3) is 0 Å². The number of hydrogen-bond donors (Lipinski definition) is 0. The van der Waals surface area contributed by atoms with Crippen molar-refractivity contribution in [2.24, 2.45) is 0 Å². The Hall–Kier alpha value is 2.44. The van der Waals surface area contributed by atoms with Gasteiger partial charge in [0.2, 0.25) is 0 Å². The molecule has 0 unspecified atom stereocenters. The molecule has 4 heavy (non-hydrogen) atoms. The Kier molecular flexibility index (Phi) is 144. The summed E-state index contributed by atoms with van der Waals surface area (Å²) in [5.41, 5.74) is 0. The maximum absolute atomic E-state index is 0. The third-order valence-electron chi connectivity index (χ3n) is 0. The van der Waals surface area contributed by atoms with Crippen molar-refractivity contribution in [3.8, 4) is 0 Å². The molecule has 0 bridgehead atoms. The van der Waals surface area contributed by atoms with E-state index < -0.39 is 0 Å². The molecular weight excluding hydrogens is 180 g/mol. The molecule has 0 heterocycles. The first-order valence-corrected chi connectivity index (χ1v) is 0. The van der Waals surface area contributed by atoms with Crippen molar-refractivity contribution in [1.82, 2.24) is 0 Å². The van der Waals surface area contributed by atoms with E-state index in [0.29, 0.717) is 0 Å². The third-order valence-corrected chi connectivity index (χ3v) is 0. The summed E-state index contributed by atoms with van der Waals surface area (Å²) in [5.74, 6) is 0. The molecule has 0 atom stereocenters. The van der Waals surface area contributed by atoms with Crippen LogP contribution in [0.5, 0.6) is 0 Å². The first-order chi connectivity index (χ1) is 0. The predicted octanol–water partition coefficient (Wildman–Crippen LogP) is -1.30. The summed E-state index contributed by atoms with van der Waals surface area (Å²) in [5, 5.41) is 0. The average Bonchev–Trinajstić information content (AvgIpc) is 0. The van der Waals surface area contributed by atoms with E-state index >= 15 is 0 Å². The van der Waals surface area contributed by atoms with Gasteiger partial charge in [-0.25, -0.2) is 0 Å².